The van der Waals surface area contributed by atoms with Gasteiger partial charge in [0, 0.05) is 39.1 Å². The number of ether oxygens (including phenoxy) is 2. The number of hydroxylamine groups is 2. The van der Waals surface area contributed by atoms with Crippen LogP contribution in [-0.4, -0.2) is 87.2 Å². The number of carbonyl (C=O) groups excluding carboxylic acids is 1. The fourth-order valence-electron chi connectivity index (χ4n) is 3.08. The van der Waals surface area contributed by atoms with Crippen molar-refractivity contribution < 1.29 is 19.1 Å². The summed E-state index contributed by atoms with van der Waals surface area (Å²) in [5.74, 6) is 0.178. The maximum absolute atomic E-state index is 12.4. The van der Waals surface area contributed by atoms with Gasteiger partial charge in [-0.15, -0.1) is 0 Å². The Morgan fingerprint density at radius 1 is 1.24 bits per heavy atom. The molecule has 21 heavy (non-hydrogen) atoms. The van der Waals surface area contributed by atoms with Gasteiger partial charge in [0.2, 0.25) is 5.91 Å². The molecular weight excluding hydrogens is 274 g/mol. The quantitative estimate of drug-likeness (QED) is 0.738. The van der Waals surface area contributed by atoms with Crippen LogP contribution in [0.5, 0.6) is 0 Å². The van der Waals surface area contributed by atoms with Crippen LogP contribution in [0.2, 0.25) is 0 Å². The van der Waals surface area contributed by atoms with Gasteiger partial charge in [-0.25, -0.2) is 0 Å². The van der Waals surface area contributed by atoms with Crippen molar-refractivity contribution in [2.24, 2.45) is 0 Å². The van der Waals surface area contributed by atoms with Gasteiger partial charge in [-0.3, -0.25) is 9.63 Å². The minimum atomic E-state index is -0.380. The number of carbonyl (C=O) groups is 1. The zero-order valence-electron chi connectivity index (χ0n) is 12.5. The van der Waals surface area contributed by atoms with Crippen molar-refractivity contribution in [3.05, 3.63) is 0 Å². The maximum atomic E-state index is 12.4. The molecule has 3 aliphatic heterocycles. The first-order chi connectivity index (χ1) is 10.3. The first kappa shape index (κ1) is 15.2. The Hall–Kier alpha value is -0.730. The molecule has 3 saturated heterocycles. The van der Waals surface area contributed by atoms with E-state index in [4.69, 9.17) is 14.3 Å². The first-order valence-electron chi connectivity index (χ1n) is 7.86. The summed E-state index contributed by atoms with van der Waals surface area (Å²) in [6.45, 7) is 7.08. The maximum Gasteiger partial charge on any atom is 0.224 e. The van der Waals surface area contributed by atoms with Crippen LogP contribution in [0.4, 0.5) is 0 Å². The molecular formula is C14H25N3O4. The lowest BCUT2D eigenvalue weighted by Gasteiger charge is -2.42. The SMILES string of the molecule is O=C(CCN1CCCO1)N1CCO[C@]2(CNCCOC2)C1. The van der Waals surface area contributed by atoms with E-state index >= 15 is 0 Å². The molecule has 0 radical (unpaired) electrons. The van der Waals surface area contributed by atoms with Crippen LogP contribution in [0.3, 0.4) is 0 Å². The molecule has 3 aliphatic rings. The lowest BCUT2D eigenvalue weighted by molar-refractivity contribution is -0.161. The molecule has 1 N–H and O–H groups in total. The third-order valence-corrected chi connectivity index (χ3v) is 4.24. The summed E-state index contributed by atoms with van der Waals surface area (Å²) in [5.41, 5.74) is -0.380. The number of nitrogens with zero attached hydrogens (tertiary/aromatic N) is 2. The minimum absolute atomic E-state index is 0.178. The van der Waals surface area contributed by atoms with Crippen LogP contribution < -0.4 is 5.32 Å². The second-order valence-corrected chi connectivity index (χ2v) is 5.94. The summed E-state index contributed by atoms with van der Waals surface area (Å²) in [6.07, 6.45) is 1.56. The van der Waals surface area contributed by atoms with E-state index in [9.17, 15) is 4.79 Å². The minimum Gasteiger partial charge on any atom is -0.377 e. The number of nitrogens with one attached hydrogen (secondary N) is 1. The van der Waals surface area contributed by atoms with Crippen molar-refractivity contribution in [2.75, 3.05) is 65.7 Å². The molecule has 0 unspecified atom stereocenters. The molecule has 0 aromatic rings. The summed E-state index contributed by atoms with van der Waals surface area (Å²) in [5, 5.41) is 5.22. The molecule has 0 aliphatic carbocycles. The molecule has 120 valence electrons. The Morgan fingerprint density at radius 2 is 2.19 bits per heavy atom. The van der Waals surface area contributed by atoms with Crippen LogP contribution in [0.1, 0.15) is 12.8 Å². The Bertz CT molecular complexity index is 352. The molecule has 1 spiro atoms. The predicted molar refractivity (Wildman–Crippen MR) is 75.7 cm³/mol. The fourth-order valence-corrected chi connectivity index (χ4v) is 3.08. The molecule has 1 amide bonds. The number of hydrogen-bond acceptors (Lipinski definition) is 6. The van der Waals surface area contributed by atoms with Gasteiger partial charge in [0.1, 0.15) is 5.60 Å². The van der Waals surface area contributed by atoms with E-state index in [0.29, 0.717) is 45.9 Å². The Morgan fingerprint density at radius 3 is 3.05 bits per heavy atom. The smallest absolute Gasteiger partial charge is 0.224 e. The lowest BCUT2D eigenvalue weighted by Crippen LogP contribution is -2.59. The first-order valence-corrected chi connectivity index (χ1v) is 7.86. The van der Waals surface area contributed by atoms with E-state index in [0.717, 1.165) is 32.7 Å². The van der Waals surface area contributed by atoms with Crippen molar-refractivity contribution in [1.82, 2.24) is 15.3 Å². The standard InChI is InChI=1S/C14H25N3O4/c18-13(2-5-17-4-1-7-21-17)16-6-9-20-14(11-16)10-15-3-8-19-12-14/h15H,1-12H2/t14-/m1/s1. The average molecular weight is 299 g/mol. The average Bonchev–Trinajstić information content (AvgIpc) is 2.93. The zero-order chi connectivity index (χ0) is 14.5. The van der Waals surface area contributed by atoms with Gasteiger partial charge in [0.15, 0.2) is 0 Å². The molecule has 1 atom stereocenters. The summed E-state index contributed by atoms with van der Waals surface area (Å²) in [7, 11) is 0. The molecule has 0 aromatic carbocycles. The third kappa shape index (κ3) is 3.92. The van der Waals surface area contributed by atoms with Crippen molar-refractivity contribution in [3.8, 4) is 0 Å². The second kappa shape index (κ2) is 7.02. The molecule has 0 saturated carbocycles. The number of amides is 1. The highest BCUT2D eigenvalue weighted by atomic mass is 16.7. The van der Waals surface area contributed by atoms with Crippen molar-refractivity contribution in [1.29, 1.82) is 0 Å². The normalized spacial score (nSPS) is 31.5. The van der Waals surface area contributed by atoms with Crippen LogP contribution in [0.15, 0.2) is 0 Å². The van der Waals surface area contributed by atoms with E-state index < -0.39 is 0 Å². The largest absolute Gasteiger partial charge is 0.377 e. The van der Waals surface area contributed by atoms with Gasteiger partial charge in [0.05, 0.1) is 33.0 Å². The van der Waals surface area contributed by atoms with Crippen LogP contribution in [0.25, 0.3) is 0 Å². The Labute approximate surface area is 125 Å². The van der Waals surface area contributed by atoms with Crippen LogP contribution in [0, 0.1) is 0 Å². The molecule has 0 aromatic heterocycles. The Balaban J connectivity index is 1.50. The summed E-state index contributed by atoms with van der Waals surface area (Å²) in [6, 6.07) is 0. The topological polar surface area (TPSA) is 63.3 Å². The monoisotopic (exact) mass is 299 g/mol. The van der Waals surface area contributed by atoms with E-state index in [1.165, 1.54) is 0 Å². The van der Waals surface area contributed by atoms with Gasteiger partial charge < -0.3 is 19.7 Å². The van der Waals surface area contributed by atoms with Gasteiger partial charge in [0.25, 0.3) is 0 Å². The van der Waals surface area contributed by atoms with Gasteiger partial charge in [-0.1, -0.05) is 0 Å². The number of hydrogen-bond donors (Lipinski definition) is 1. The van der Waals surface area contributed by atoms with Crippen LogP contribution >= 0.6 is 0 Å². The third-order valence-electron chi connectivity index (χ3n) is 4.24. The van der Waals surface area contributed by atoms with Crippen molar-refractivity contribution >= 4 is 5.91 Å². The molecule has 3 rings (SSSR count). The van der Waals surface area contributed by atoms with E-state index in [1.54, 1.807) is 0 Å². The molecule has 3 fully saturated rings. The summed E-state index contributed by atoms with van der Waals surface area (Å²) in [4.78, 5) is 19.7. The lowest BCUT2D eigenvalue weighted by atomic mass is 10.0. The summed E-state index contributed by atoms with van der Waals surface area (Å²) < 4.78 is 11.5. The van der Waals surface area contributed by atoms with Gasteiger partial charge in [-0.2, -0.15) is 5.06 Å². The van der Waals surface area contributed by atoms with Gasteiger partial charge in [-0.05, 0) is 6.42 Å². The number of rotatable bonds is 3. The van der Waals surface area contributed by atoms with E-state index in [-0.39, 0.29) is 11.5 Å². The number of morpholine rings is 1. The van der Waals surface area contributed by atoms with E-state index in [2.05, 4.69) is 5.32 Å². The molecule has 0 bridgehead atoms. The Kier molecular flexibility index (Phi) is 5.07. The van der Waals surface area contributed by atoms with Crippen LogP contribution in [-0.2, 0) is 19.1 Å². The van der Waals surface area contributed by atoms with Crippen molar-refractivity contribution in [3.63, 3.8) is 0 Å². The summed E-state index contributed by atoms with van der Waals surface area (Å²) >= 11 is 0. The molecule has 7 nitrogen and oxygen atoms in total. The molecule has 7 heteroatoms. The highest BCUT2D eigenvalue weighted by molar-refractivity contribution is 5.76. The second-order valence-electron chi connectivity index (χ2n) is 5.94. The zero-order valence-corrected chi connectivity index (χ0v) is 12.5. The predicted octanol–water partition coefficient (Wildman–Crippen LogP) is -0.769. The highest BCUT2D eigenvalue weighted by Crippen LogP contribution is 2.20. The van der Waals surface area contributed by atoms with Gasteiger partial charge >= 0.3 is 0 Å². The fraction of sp³-hybridized carbons (Fsp3) is 0.929. The van der Waals surface area contributed by atoms with E-state index in [1.807, 2.05) is 9.96 Å². The highest BCUT2D eigenvalue weighted by Gasteiger charge is 2.39. The molecule has 3 heterocycles. The van der Waals surface area contributed by atoms with Crippen molar-refractivity contribution in [2.45, 2.75) is 18.4 Å².